The van der Waals surface area contributed by atoms with Crippen LogP contribution in [0.3, 0.4) is 0 Å². The largest absolute Gasteiger partial charge is 0.454 e. The smallest absolute Gasteiger partial charge is 0.338 e. The number of carbonyl (C=O) groups is 2. The standard InChI is InChI=1S/C18H18O3S/c1-12-4-5-13(2)16(10-12)18(20)21-11-17(19)14-6-8-15(22-3)9-7-14/h4-10H,11H2,1-3H3. The van der Waals surface area contributed by atoms with Crippen molar-refractivity contribution < 1.29 is 14.3 Å². The van der Waals surface area contributed by atoms with Gasteiger partial charge in [0.2, 0.25) is 0 Å². The van der Waals surface area contributed by atoms with E-state index in [1.165, 1.54) is 0 Å². The van der Waals surface area contributed by atoms with Gasteiger partial charge in [0.25, 0.3) is 0 Å². The van der Waals surface area contributed by atoms with E-state index in [0.29, 0.717) is 11.1 Å². The Balaban J connectivity index is 2.00. The molecule has 0 saturated carbocycles. The van der Waals surface area contributed by atoms with Crippen molar-refractivity contribution in [3.05, 3.63) is 64.7 Å². The fourth-order valence-electron chi connectivity index (χ4n) is 2.02. The quantitative estimate of drug-likeness (QED) is 0.474. The van der Waals surface area contributed by atoms with Crippen LogP contribution in [0.15, 0.2) is 47.4 Å². The van der Waals surface area contributed by atoms with Gasteiger partial charge in [-0.15, -0.1) is 11.8 Å². The molecule has 2 aromatic carbocycles. The fraction of sp³-hybridized carbons (Fsp3) is 0.222. The molecule has 0 aromatic heterocycles. The lowest BCUT2D eigenvalue weighted by molar-refractivity contribution is 0.0474. The molecular weight excluding hydrogens is 296 g/mol. The molecule has 114 valence electrons. The Morgan fingerprint density at radius 3 is 2.36 bits per heavy atom. The first-order valence-electron chi connectivity index (χ1n) is 6.93. The number of ketones is 1. The number of carbonyl (C=O) groups excluding carboxylic acids is 2. The summed E-state index contributed by atoms with van der Waals surface area (Å²) in [5.41, 5.74) is 2.88. The fourth-order valence-corrected chi connectivity index (χ4v) is 2.43. The van der Waals surface area contributed by atoms with Crippen molar-refractivity contribution in [2.75, 3.05) is 12.9 Å². The van der Waals surface area contributed by atoms with Gasteiger partial charge in [0.1, 0.15) is 0 Å². The molecule has 2 rings (SSSR count). The lowest BCUT2D eigenvalue weighted by Crippen LogP contribution is -2.15. The highest BCUT2D eigenvalue weighted by atomic mass is 32.2. The van der Waals surface area contributed by atoms with Gasteiger partial charge in [0.05, 0.1) is 5.56 Å². The van der Waals surface area contributed by atoms with Crippen molar-refractivity contribution in [2.24, 2.45) is 0 Å². The number of benzene rings is 2. The normalized spacial score (nSPS) is 10.3. The number of rotatable bonds is 5. The minimum Gasteiger partial charge on any atom is -0.454 e. The van der Waals surface area contributed by atoms with E-state index in [4.69, 9.17) is 4.74 Å². The zero-order chi connectivity index (χ0) is 16.1. The summed E-state index contributed by atoms with van der Waals surface area (Å²) in [4.78, 5) is 25.2. The summed E-state index contributed by atoms with van der Waals surface area (Å²) in [6, 6.07) is 12.8. The predicted molar refractivity (Wildman–Crippen MR) is 88.8 cm³/mol. The van der Waals surface area contributed by atoms with Crippen LogP contribution < -0.4 is 0 Å². The average Bonchev–Trinajstić information content (AvgIpc) is 2.54. The highest BCUT2D eigenvalue weighted by Crippen LogP contribution is 2.16. The van der Waals surface area contributed by atoms with Crippen LogP contribution in [-0.2, 0) is 4.74 Å². The minimum absolute atomic E-state index is 0.202. The Bertz CT molecular complexity index is 690. The number of ether oxygens (including phenoxy) is 1. The van der Waals surface area contributed by atoms with Crippen LogP contribution in [0.1, 0.15) is 31.8 Å². The molecule has 3 nitrogen and oxygen atoms in total. The highest BCUT2D eigenvalue weighted by molar-refractivity contribution is 7.98. The van der Waals surface area contributed by atoms with Gasteiger partial charge in [0.15, 0.2) is 12.4 Å². The van der Waals surface area contributed by atoms with E-state index in [1.54, 1.807) is 30.0 Å². The summed E-state index contributed by atoms with van der Waals surface area (Å²) in [7, 11) is 0. The lowest BCUT2D eigenvalue weighted by Gasteiger charge is -2.08. The second-order valence-corrected chi connectivity index (χ2v) is 5.93. The number of aryl methyl sites for hydroxylation is 2. The number of hydrogen-bond donors (Lipinski definition) is 0. The van der Waals surface area contributed by atoms with Gasteiger partial charge in [-0.3, -0.25) is 4.79 Å². The average molecular weight is 314 g/mol. The van der Waals surface area contributed by atoms with Crippen LogP contribution in [-0.4, -0.2) is 24.6 Å². The van der Waals surface area contributed by atoms with E-state index in [-0.39, 0.29) is 12.4 Å². The topological polar surface area (TPSA) is 43.4 Å². The predicted octanol–water partition coefficient (Wildman–Crippen LogP) is 4.07. The maximum absolute atomic E-state index is 12.1. The molecule has 0 spiro atoms. The molecule has 0 fully saturated rings. The third kappa shape index (κ3) is 3.98. The number of esters is 1. The second kappa shape index (κ2) is 7.27. The van der Waals surface area contributed by atoms with Crippen LogP contribution >= 0.6 is 11.8 Å². The molecule has 0 atom stereocenters. The molecule has 4 heteroatoms. The Morgan fingerprint density at radius 1 is 1.05 bits per heavy atom. The molecule has 0 aliphatic rings. The van der Waals surface area contributed by atoms with E-state index in [9.17, 15) is 9.59 Å². The molecule has 2 aromatic rings. The number of thioether (sulfide) groups is 1. The van der Waals surface area contributed by atoms with Gasteiger partial charge in [-0.2, -0.15) is 0 Å². The maximum atomic E-state index is 12.1. The van der Waals surface area contributed by atoms with Crippen molar-refractivity contribution in [1.29, 1.82) is 0 Å². The van der Waals surface area contributed by atoms with Crippen LogP contribution in [0.5, 0.6) is 0 Å². The van der Waals surface area contributed by atoms with Gasteiger partial charge in [-0.1, -0.05) is 29.8 Å². The Kier molecular flexibility index (Phi) is 5.39. The zero-order valence-corrected chi connectivity index (χ0v) is 13.7. The Hall–Kier alpha value is -2.07. The van der Waals surface area contributed by atoms with Gasteiger partial charge in [0, 0.05) is 10.5 Å². The van der Waals surface area contributed by atoms with Crippen molar-refractivity contribution in [1.82, 2.24) is 0 Å². The molecule has 0 unspecified atom stereocenters. The summed E-state index contributed by atoms with van der Waals surface area (Å²) in [6.45, 7) is 3.51. The third-order valence-electron chi connectivity index (χ3n) is 3.36. The van der Waals surface area contributed by atoms with E-state index in [2.05, 4.69) is 0 Å². The van der Waals surface area contributed by atoms with Crippen LogP contribution in [0.2, 0.25) is 0 Å². The van der Waals surface area contributed by atoms with Gasteiger partial charge >= 0.3 is 5.97 Å². The molecule has 0 saturated heterocycles. The van der Waals surface area contributed by atoms with E-state index in [1.807, 2.05) is 44.4 Å². The van der Waals surface area contributed by atoms with E-state index in [0.717, 1.165) is 16.0 Å². The molecule has 0 bridgehead atoms. The molecular formula is C18H18O3S. The molecule has 0 aliphatic carbocycles. The molecule has 0 N–H and O–H groups in total. The molecule has 0 aliphatic heterocycles. The van der Waals surface area contributed by atoms with Crippen LogP contribution in [0.25, 0.3) is 0 Å². The van der Waals surface area contributed by atoms with Gasteiger partial charge in [-0.25, -0.2) is 4.79 Å². The van der Waals surface area contributed by atoms with Crippen molar-refractivity contribution in [3.63, 3.8) is 0 Å². The van der Waals surface area contributed by atoms with Crippen molar-refractivity contribution >= 4 is 23.5 Å². The molecule has 0 radical (unpaired) electrons. The highest BCUT2D eigenvalue weighted by Gasteiger charge is 2.14. The van der Waals surface area contributed by atoms with Gasteiger partial charge in [-0.05, 0) is 43.9 Å². The number of Topliss-reactive ketones (excluding diaryl/α,β-unsaturated/α-hetero) is 1. The van der Waals surface area contributed by atoms with E-state index >= 15 is 0 Å². The summed E-state index contributed by atoms with van der Waals surface area (Å²) < 4.78 is 5.14. The minimum atomic E-state index is -0.463. The SMILES string of the molecule is CSc1ccc(C(=O)COC(=O)c2cc(C)ccc2C)cc1. The first-order valence-corrected chi connectivity index (χ1v) is 8.15. The van der Waals surface area contributed by atoms with Gasteiger partial charge < -0.3 is 4.74 Å². The molecule has 0 amide bonds. The number of hydrogen-bond acceptors (Lipinski definition) is 4. The first kappa shape index (κ1) is 16.3. The Morgan fingerprint density at radius 2 is 1.73 bits per heavy atom. The first-order chi connectivity index (χ1) is 10.5. The van der Waals surface area contributed by atoms with Crippen molar-refractivity contribution in [3.8, 4) is 0 Å². The summed E-state index contributed by atoms with van der Waals surface area (Å²) >= 11 is 1.61. The van der Waals surface area contributed by atoms with Crippen LogP contribution in [0, 0.1) is 13.8 Å². The summed E-state index contributed by atoms with van der Waals surface area (Å²) in [5, 5.41) is 0. The second-order valence-electron chi connectivity index (χ2n) is 5.05. The summed E-state index contributed by atoms with van der Waals surface area (Å²) in [5.74, 6) is -0.665. The van der Waals surface area contributed by atoms with E-state index < -0.39 is 5.97 Å². The maximum Gasteiger partial charge on any atom is 0.338 e. The molecule has 22 heavy (non-hydrogen) atoms. The Labute approximate surface area is 134 Å². The van der Waals surface area contributed by atoms with Crippen molar-refractivity contribution in [2.45, 2.75) is 18.7 Å². The molecule has 0 heterocycles. The monoisotopic (exact) mass is 314 g/mol. The zero-order valence-electron chi connectivity index (χ0n) is 12.9. The third-order valence-corrected chi connectivity index (χ3v) is 4.10. The van der Waals surface area contributed by atoms with Crippen LogP contribution in [0.4, 0.5) is 0 Å². The lowest BCUT2D eigenvalue weighted by atomic mass is 10.1. The summed E-state index contributed by atoms with van der Waals surface area (Å²) in [6.07, 6.45) is 1.97.